The molecule has 1 N–H and O–H groups in total. The second kappa shape index (κ2) is 6.56. The first-order valence-corrected chi connectivity index (χ1v) is 5.78. The van der Waals surface area contributed by atoms with E-state index < -0.39 is 4.92 Å². The van der Waals surface area contributed by atoms with Gasteiger partial charge in [-0.15, -0.1) is 12.4 Å². The molecule has 0 aromatic heterocycles. The predicted octanol–water partition coefficient (Wildman–Crippen LogP) is 2.84. The van der Waals surface area contributed by atoms with E-state index in [1.807, 2.05) is 6.07 Å². The van der Waals surface area contributed by atoms with Crippen molar-refractivity contribution in [2.45, 2.75) is 25.3 Å². The lowest BCUT2D eigenvalue weighted by atomic mass is 9.97. The summed E-state index contributed by atoms with van der Waals surface area (Å²) in [6.07, 6.45) is 3.37. The molecule has 0 unspecified atom stereocenters. The summed E-state index contributed by atoms with van der Waals surface area (Å²) in [7, 11) is 1.45. The minimum atomic E-state index is -0.398. The average molecular weight is 273 g/mol. The van der Waals surface area contributed by atoms with Crippen LogP contribution in [-0.4, -0.2) is 18.6 Å². The summed E-state index contributed by atoms with van der Waals surface area (Å²) < 4.78 is 4.99. The fourth-order valence-electron chi connectivity index (χ4n) is 2.20. The van der Waals surface area contributed by atoms with E-state index in [4.69, 9.17) is 4.74 Å². The number of benzene rings is 1. The van der Waals surface area contributed by atoms with Crippen LogP contribution in [0.4, 0.5) is 5.69 Å². The summed E-state index contributed by atoms with van der Waals surface area (Å²) in [5, 5.41) is 14.3. The number of ether oxygens (including phenoxy) is 1. The highest BCUT2D eigenvalue weighted by atomic mass is 35.5. The van der Waals surface area contributed by atoms with Crippen molar-refractivity contribution < 1.29 is 9.66 Å². The molecule has 1 aromatic rings. The van der Waals surface area contributed by atoms with Crippen LogP contribution in [0.3, 0.4) is 0 Å². The lowest BCUT2D eigenvalue weighted by molar-refractivity contribution is -0.385. The maximum absolute atomic E-state index is 10.9. The van der Waals surface area contributed by atoms with Crippen molar-refractivity contribution >= 4 is 18.1 Å². The molecule has 18 heavy (non-hydrogen) atoms. The molecule has 1 heterocycles. The zero-order chi connectivity index (χ0) is 12.3. The van der Waals surface area contributed by atoms with E-state index >= 15 is 0 Å². The van der Waals surface area contributed by atoms with Crippen LogP contribution in [0.15, 0.2) is 18.2 Å². The van der Waals surface area contributed by atoms with E-state index in [0.717, 1.165) is 24.9 Å². The molecular formula is C12H17ClN2O3. The number of hydrogen-bond acceptors (Lipinski definition) is 4. The van der Waals surface area contributed by atoms with Gasteiger partial charge in [0.05, 0.1) is 12.0 Å². The first-order chi connectivity index (χ1) is 8.22. The summed E-state index contributed by atoms with van der Waals surface area (Å²) in [4.78, 5) is 10.5. The minimum absolute atomic E-state index is 0. The largest absolute Gasteiger partial charge is 0.490 e. The lowest BCUT2D eigenvalue weighted by Crippen LogP contribution is -2.26. The molecule has 1 saturated heterocycles. The molecular weight excluding hydrogens is 256 g/mol. The molecule has 5 nitrogen and oxygen atoms in total. The minimum Gasteiger partial charge on any atom is -0.490 e. The number of methoxy groups -OCH3 is 1. The van der Waals surface area contributed by atoms with Gasteiger partial charge in [-0.2, -0.15) is 0 Å². The van der Waals surface area contributed by atoms with Crippen LogP contribution in [0, 0.1) is 10.1 Å². The number of piperidine rings is 1. The van der Waals surface area contributed by atoms with Gasteiger partial charge in [-0.05, 0) is 31.0 Å². The maximum atomic E-state index is 10.9. The van der Waals surface area contributed by atoms with Crippen molar-refractivity contribution in [1.29, 1.82) is 0 Å². The summed E-state index contributed by atoms with van der Waals surface area (Å²) in [5.41, 5.74) is 1.01. The molecule has 1 aliphatic heterocycles. The van der Waals surface area contributed by atoms with E-state index in [2.05, 4.69) is 5.32 Å². The van der Waals surface area contributed by atoms with E-state index in [0.29, 0.717) is 5.75 Å². The summed E-state index contributed by atoms with van der Waals surface area (Å²) in [5.74, 6) is 0.314. The lowest BCUT2D eigenvalue weighted by Gasteiger charge is -2.23. The van der Waals surface area contributed by atoms with Crippen LogP contribution in [0.5, 0.6) is 5.75 Å². The Bertz CT molecular complexity index is 420. The Morgan fingerprint density at radius 1 is 1.44 bits per heavy atom. The molecule has 0 aliphatic carbocycles. The monoisotopic (exact) mass is 272 g/mol. The number of rotatable bonds is 3. The first-order valence-electron chi connectivity index (χ1n) is 5.78. The van der Waals surface area contributed by atoms with E-state index in [-0.39, 0.29) is 24.1 Å². The third-order valence-corrected chi connectivity index (χ3v) is 3.11. The number of nitro groups is 1. The number of halogens is 1. The predicted molar refractivity (Wildman–Crippen MR) is 71.5 cm³/mol. The van der Waals surface area contributed by atoms with Crippen LogP contribution in [-0.2, 0) is 0 Å². The van der Waals surface area contributed by atoms with Gasteiger partial charge in [-0.1, -0.05) is 12.5 Å². The second-order valence-electron chi connectivity index (χ2n) is 4.19. The Morgan fingerprint density at radius 2 is 2.22 bits per heavy atom. The third-order valence-electron chi connectivity index (χ3n) is 3.11. The molecule has 100 valence electrons. The van der Waals surface area contributed by atoms with Gasteiger partial charge in [-0.25, -0.2) is 0 Å². The molecule has 1 aliphatic rings. The van der Waals surface area contributed by atoms with Gasteiger partial charge in [0.1, 0.15) is 0 Å². The number of nitro benzene ring substituents is 1. The van der Waals surface area contributed by atoms with Crippen LogP contribution in [0.25, 0.3) is 0 Å². The van der Waals surface area contributed by atoms with Crippen molar-refractivity contribution in [2.75, 3.05) is 13.7 Å². The van der Waals surface area contributed by atoms with Crippen molar-refractivity contribution in [3.8, 4) is 5.75 Å². The van der Waals surface area contributed by atoms with Crippen LogP contribution in [0.1, 0.15) is 30.9 Å². The van der Waals surface area contributed by atoms with E-state index in [1.165, 1.54) is 13.5 Å². The Balaban J connectivity index is 0.00000162. The van der Waals surface area contributed by atoms with Crippen molar-refractivity contribution in [3.05, 3.63) is 33.9 Å². The van der Waals surface area contributed by atoms with Crippen LogP contribution < -0.4 is 10.1 Å². The zero-order valence-electron chi connectivity index (χ0n) is 10.2. The quantitative estimate of drug-likeness (QED) is 0.679. The summed E-state index contributed by atoms with van der Waals surface area (Å²) >= 11 is 0. The van der Waals surface area contributed by atoms with Crippen LogP contribution >= 0.6 is 12.4 Å². The number of nitrogens with zero attached hydrogens (tertiary/aromatic N) is 1. The maximum Gasteiger partial charge on any atom is 0.311 e. The molecule has 1 fully saturated rings. The average Bonchev–Trinajstić information content (AvgIpc) is 2.39. The smallest absolute Gasteiger partial charge is 0.311 e. The van der Waals surface area contributed by atoms with Gasteiger partial charge < -0.3 is 10.1 Å². The normalized spacial score (nSPS) is 18.8. The second-order valence-corrected chi connectivity index (χ2v) is 4.19. The van der Waals surface area contributed by atoms with Crippen LogP contribution in [0.2, 0.25) is 0 Å². The molecule has 2 rings (SSSR count). The van der Waals surface area contributed by atoms with Crippen molar-refractivity contribution in [1.82, 2.24) is 5.32 Å². The molecule has 1 aromatic carbocycles. The molecule has 6 heteroatoms. The van der Waals surface area contributed by atoms with Crippen molar-refractivity contribution in [2.24, 2.45) is 0 Å². The Labute approximate surface area is 112 Å². The number of nitrogens with one attached hydrogen (secondary N) is 1. The Kier molecular flexibility index (Phi) is 5.37. The molecule has 0 bridgehead atoms. The Morgan fingerprint density at radius 3 is 2.78 bits per heavy atom. The third kappa shape index (κ3) is 3.11. The molecule has 0 radical (unpaired) electrons. The van der Waals surface area contributed by atoms with Gasteiger partial charge in [0.2, 0.25) is 0 Å². The highest BCUT2D eigenvalue weighted by molar-refractivity contribution is 5.85. The Hall–Kier alpha value is -1.33. The fraction of sp³-hybridized carbons (Fsp3) is 0.500. The van der Waals surface area contributed by atoms with E-state index in [1.54, 1.807) is 12.1 Å². The molecule has 1 atom stereocenters. The number of hydrogen-bond donors (Lipinski definition) is 1. The molecule has 0 amide bonds. The van der Waals surface area contributed by atoms with Gasteiger partial charge in [-0.3, -0.25) is 10.1 Å². The topological polar surface area (TPSA) is 64.4 Å². The van der Waals surface area contributed by atoms with Gasteiger partial charge >= 0.3 is 5.69 Å². The fourth-order valence-corrected chi connectivity index (χ4v) is 2.20. The first kappa shape index (κ1) is 14.7. The molecule has 0 spiro atoms. The van der Waals surface area contributed by atoms with Gasteiger partial charge in [0.15, 0.2) is 5.75 Å². The van der Waals surface area contributed by atoms with Crippen molar-refractivity contribution in [3.63, 3.8) is 0 Å². The highest BCUT2D eigenvalue weighted by Gasteiger charge is 2.20. The highest BCUT2D eigenvalue weighted by Crippen LogP contribution is 2.32. The zero-order valence-corrected chi connectivity index (χ0v) is 11.0. The summed E-state index contributed by atoms with van der Waals surface area (Å²) in [6, 6.07) is 5.41. The SMILES string of the molecule is COc1ccc([C@@H]2CCCCN2)cc1[N+](=O)[O-].Cl. The molecule has 0 saturated carbocycles. The van der Waals surface area contributed by atoms with Gasteiger partial charge in [0.25, 0.3) is 0 Å². The van der Waals surface area contributed by atoms with E-state index in [9.17, 15) is 10.1 Å². The summed E-state index contributed by atoms with van der Waals surface area (Å²) in [6.45, 7) is 0.977. The standard InChI is InChI=1S/C12H16N2O3.ClH/c1-17-12-6-5-9(8-11(12)14(15)16)10-4-2-3-7-13-10;/h5-6,8,10,13H,2-4,7H2,1H3;1H/t10-;/m0./s1. The van der Waals surface area contributed by atoms with Gasteiger partial charge in [0, 0.05) is 12.1 Å².